The quantitative estimate of drug-likeness (QED) is 0.512. The number of benzene rings is 1. The Hall–Kier alpha value is -3.51. The molecule has 2 aromatic heterocycles. The third kappa shape index (κ3) is 4.46. The van der Waals surface area contributed by atoms with Gasteiger partial charge in [0.1, 0.15) is 17.3 Å². The minimum Gasteiger partial charge on any atom is -0.329 e. The molecule has 4 rings (SSSR count). The van der Waals surface area contributed by atoms with Gasteiger partial charge >= 0.3 is 6.18 Å². The van der Waals surface area contributed by atoms with Gasteiger partial charge in [0.2, 0.25) is 0 Å². The first-order valence-electron chi connectivity index (χ1n) is 10.2. The van der Waals surface area contributed by atoms with E-state index in [1.807, 2.05) is 0 Å². The van der Waals surface area contributed by atoms with E-state index >= 15 is 0 Å². The van der Waals surface area contributed by atoms with Crippen molar-refractivity contribution in [2.45, 2.75) is 44.3 Å². The van der Waals surface area contributed by atoms with Crippen molar-refractivity contribution in [2.24, 2.45) is 0 Å². The lowest BCUT2D eigenvalue weighted by atomic mass is 10.0. The van der Waals surface area contributed by atoms with Crippen LogP contribution in [0, 0.1) is 12.7 Å². The topological polar surface area (TPSA) is 76.8 Å². The largest absolute Gasteiger partial charge is 0.419 e. The third-order valence-corrected chi connectivity index (χ3v) is 5.70. The molecule has 7 nitrogen and oxygen atoms in total. The summed E-state index contributed by atoms with van der Waals surface area (Å²) >= 11 is 0. The molecule has 1 amide bonds. The molecule has 0 bridgehead atoms. The number of halogens is 6. The summed E-state index contributed by atoms with van der Waals surface area (Å²) < 4.78 is 81.7. The van der Waals surface area contributed by atoms with Crippen molar-refractivity contribution in [3.63, 3.8) is 0 Å². The van der Waals surface area contributed by atoms with Crippen molar-refractivity contribution in [1.82, 2.24) is 29.9 Å². The highest BCUT2D eigenvalue weighted by Gasteiger charge is 2.50. The lowest BCUT2D eigenvalue weighted by Gasteiger charge is -2.28. The van der Waals surface area contributed by atoms with E-state index in [9.17, 15) is 31.1 Å². The van der Waals surface area contributed by atoms with Crippen LogP contribution >= 0.6 is 0 Å². The molecule has 0 aliphatic carbocycles. The number of likely N-dealkylation sites (tertiary alicyclic amines) is 1. The van der Waals surface area contributed by atoms with E-state index in [4.69, 9.17) is 0 Å². The number of rotatable bonds is 5. The van der Waals surface area contributed by atoms with Gasteiger partial charge in [-0.05, 0) is 25.5 Å². The van der Waals surface area contributed by atoms with Crippen LogP contribution in [0.2, 0.25) is 0 Å². The molecule has 13 heteroatoms. The highest BCUT2D eigenvalue weighted by atomic mass is 19.4. The number of aromatic nitrogens is 5. The van der Waals surface area contributed by atoms with Crippen LogP contribution in [0.25, 0.3) is 5.69 Å². The molecule has 0 saturated carbocycles. The molecular formula is C21H18F6N6O. The lowest BCUT2D eigenvalue weighted by Crippen LogP contribution is -2.43. The van der Waals surface area contributed by atoms with Crippen LogP contribution in [0.4, 0.5) is 26.3 Å². The molecule has 180 valence electrons. The van der Waals surface area contributed by atoms with Crippen molar-refractivity contribution in [3.8, 4) is 5.69 Å². The van der Waals surface area contributed by atoms with Gasteiger partial charge in [-0.3, -0.25) is 4.79 Å². The molecule has 0 radical (unpaired) electrons. The fourth-order valence-electron chi connectivity index (χ4n) is 3.92. The number of carbonyl (C=O) groups excluding carboxylic acids is 1. The average molecular weight is 484 g/mol. The SMILES string of the molecule is Cc1c(F)ccc(C(=O)N2CCC(F)(F)[C@H]2CCc2ncc(C(F)(F)F)cn2)c1-n1nccn1. The van der Waals surface area contributed by atoms with E-state index in [0.29, 0.717) is 12.4 Å². The van der Waals surface area contributed by atoms with Crippen LogP contribution in [0.1, 0.15) is 40.2 Å². The van der Waals surface area contributed by atoms with Crippen molar-refractivity contribution < 1.29 is 31.1 Å². The Morgan fingerprint density at radius 1 is 1.15 bits per heavy atom. The molecule has 1 aliphatic rings. The van der Waals surface area contributed by atoms with Crippen LogP contribution in [0.5, 0.6) is 0 Å². The lowest BCUT2D eigenvalue weighted by molar-refractivity contribution is -0.138. The number of nitrogens with zero attached hydrogens (tertiary/aromatic N) is 6. The van der Waals surface area contributed by atoms with E-state index < -0.39 is 41.8 Å². The standard InChI is InChI=1S/C21H18F6N6O/c1-12-15(22)3-2-14(18(12)33-30-7-8-31-33)19(34)32-9-6-20(23,24)16(32)4-5-17-28-10-13(11-29-17)21(25,26)27/h2-3,7-8,10-11,16H,4-6,9H2,1H3/t16-/m1/s1. The van der Waals surface area contributed by atoms with Crippen LogP contribution < -0.4 is 0 Å². The van der Waals surface area contributed by atoms with Gasteiger partial charge in [-0.1, -0.05) is 0 Å². The maximum absolute atomic E-state index is 14.7. The van der Waals surface area contributed by atoms with Gasteiger partial charge in [-0.25, -0.2) is 23.1 Å². The number of amides is 1. The summed E-state index contributed by atoms with van der Waals surface area (Å²) in [5.41, 5.74) is -0.993. The van der Waals surface area contributed by atoms with Crippen LogP contribution in [0.15, 0.2) is 36.9 Å². The first-order chi connectivity index (χ1) is 16.0. The van der Waals surface area contributed by atoms with Gasteiger partial charge < -0.3 is 4.90 Å². The molecule has 1 saturated heterocycles. The summed E-state index contributed by atoms with van der Waals surface area (Å²) in [7, 11) is 0. The predicted molar refractivity (Wildman–Crippen MR) is 106 cm³/mol. The van der Waals surface area contributed by atoms with Gasteiger partial charge in [-0.15, -0.1) is 0 Å². The number of hydrogen-bond donors (Lipinski definition) is 0. The monoisotopic (exact) mass is 484 g/mol. The smallest absolute Gasteiger partial charge is 0.329 e. The molecule has 0 spiro atoms. The Labute approximate surface area is 189 Å². The molecule has 1 aromatic carbocycles. The number of hydrogen-bond acceptors (Lipinski definition) is 5. The highest BCUT2D eigenvalue weighted by Crippen LogP contribution is 2.38. The molecule has 3 heterocycles. The van der Waals surface area contributed by atoms with Gasteiger partial charge in [-0.2, -0.15) is 28.2 Å². The Balaban J connectivity index is 1.59. The number of carbonyl (C=O) groups is 1. The summed E-state index contributed by atoms with van der Waals surface area (Å²) in [6, 6.07) is 0.708. The second kappa shape index (κ2) is 8.69. The molecule has 0 N–H and O–H groups in total. The minimum absolute atomic E-state index is 0.0371. The zero-order valence-electron chi connectivity index (χ0n) is 17.7. The highest BCUT2D eigenvalue weighted by molar-refractivity contribution is 5.98. The Bertz CT molecular complexity index is 1180. The maximum atomic E-state index is 14.7. The van der Waals surface area contributed by atoms with Gasteiger partial charge in [0.05, 0.1) is 29.6 Å². The van der Waals surface area contributed by atoms with E-state index in [0.717, 1.165) is 15.8 Å². The predicted octanol–water partition coefficient (Wildman–Crippen LogP) is 4.01. The first kappa shape index (κ1) is 23.6. The maximum Gasteiger partial charge on any atom is 0.419 e. The van der Waals surface area contributed by atoms with E-state index in [1.165, 1.54) is 25.4 Å². The molecule has 3 aromatic rings. The summed E-state index contributed by atoms with van der Waals surface area (Å²) in [5.74, 6) is -4.67. The Kier molecular flexibility index (Phi) is 6.04. The molecule has 34 heavy (non-hydrogen) atoms. The Morgan fingerprint density at radius 2 is 1.79 bits per heavy atom. The fraction of sp³-hybridized carbons (Fsp3) is 0.381. The van der Waals surface area contributed by atoms with E-state index in [1.54, 1.807) is 0 Å². The van der Waals surface area contributed by atoms with E-state index in [2.05, 4.69) is 20.2 Å². The summed E-state index contributed by atoms with van der Waals surface area (Å²) in [4.78, 5) is 22.6. The molecule has 0 unspecified atom stereocenters. The molecule has 1 fully saturated rings. The Morgan fingerprint density at radius 3 is 2.41 bits per heavy atom. The van der Waals surface area contributed by atoms with Crippen molar-refractivity contribution in [2.75, 3.05) is 6.54 Å². The number of alkyl halides is 5. The van der Waals surface area contributed by atoms with Crippen molar-refractivity contribution >= 4 is 5.91 Å². The van der Waals surface area contributed by atoms with E-state index in [-0.39, 0.29) is 42.0 Å². The zero-order chi connectivity index (χ0) is 24.7. The van der Waals surface area contributed by atoms with Gasteiger partial charge in [0, 0.05) is 37.3 Å². The zero-order valence-corrected chi connectivity index (χ0v) is 17.7. The van der Waals surface area contributed by atoms with Gasteiger partial charge in [0.25, 0.3) is 11.8 Å². The first-order valence-corrected chi connectivity index (χ1v) is 10.2. The second-order valence-electron chi connectivity index (χ2n) is 7.84. The van der Waals surface area contributed by atoms with Crippen LogP contribution in [0.3, 0.4) is 0 Å². The van der Waals surface area contributed by atoms with Crippen molar-refractivity contribution in [3.05, 3.63) is 65.3 Å². The summed E-state index contributed by atoms with van der Waals surface area (Å²) in [6.45, 7) is 1.16. The van der Waals surface area contributed by atoms with Crippen LogP contribution in [-0.4, -0.2) is 54.3 Å². The average Bonchev–Trinajstić information content (AvgIpc) is 3.41. The number of aryl methyl sites for hydroxylation is 1. The summed E-state index contributed by atoms with van der Waals surface area (Å²) in [6.07, 6.45) is -1.82. The molecule has 1 atom stereocenters. The molecular weight excluding hydrogens is 466 g/mol. The summed E-state index contributed by atoms with van der Waals surface area (Å²) in [5, 5.41) is 7.86. The molecule has 1 aliphatic heterocycles. The van der Waals surface area contributed by atoms with Gasteiger partial charge in [0.15, 0.2) is 0 Å². The third-order valence-electron chi connectivity index (χ3n) is 5.70. The second-order valence-corrected chi connectivity index (χ2v) is 7.84. The fourth-order valence-corrected chi connectivity index (χ4v) is 3.92. The van der Waals surface area contributed by atoms with Crippen LogP contribution in [-0.2, 0) is 12.6 Å². The van der Waals surface area contributed by atoms with Crippen molar-refractivity contribution in [1.29, 1.82) is 0 Å². The normalized spacial score (nSPS) is 17.9. The minimum atomic E-state index is -4.62.